The van der Waals surface area contributed by atoms with Crippen LogP contribution in [0.4, 0.5) is 10.8 Å². The van der Waals surface area contributed by atoms with E-state index in [4.69, 9.17) is 20.8 Å². The summed E-state index contributed by atoms with van der Waals surface area (Å²) in [6.07, 6.45) is 1.46. The van der Waals surface area contributed by atoms with Gasteiger partial charge in [0.25, 0.3) is 5.91 Å². The molecule has 0 spiro atoms. The maximum absolute atomic E-state index is 12.2. The summed E-state index contributed by atoms with van der Waals surface area (Å²) in [4.78, 5) is 28.4. The van der Waals surface area contributed by atoms with Gasteiger partial charge in [0.15, 0.2) is 10.9 Å². The van der Waals surface area contributed by atoms with Crippen molar-refractivity contribution in [3.8, 4) is 5.75 Å². The number of benzene rings is 1. The lowest BCUT2D eigenvalue weighted by atomic mass is 10.2. The Bertz CT molecular complexity index is 924. The van der Waals surface area contributed by atoms with E-state index in [-0.39, 0.29) is 18.1 Å². The summed E-state index contributed by atoms with van der Waals surface area (Å²) in [5.41, 5.74) is 1.01. The van der Waals surface area contributed by atoms with E-state index in [1.165, 1.54) is 24.7 Å². The lowest BCUT2D eigenvalue weighted by Gasteiger charge is -2.10. The number of rotatable bonds is 6. The molecule has 2 N–H and O–H groups in total. The van der Waals surface area contributed by atoms with Crippen LogP contribution in [0.2, 0.25) is 5.02 Å². The van der Waals surface area contributed by atoms with E-state index in [1.807, 2.05) is 0 Å². The monoisotopic (exact) mass is 391 g/mol. The smallest absolute Gasteiger partial charge is 0.293 e. The molecule has 1 aromatic carbocycles. The minimum Gasteiger partial charge on any atom is -0.495 e. The van der Waals surface area contributed by atoms with Crippen molar-refractivity contribution in [1.82, 2.24) is 4.98 Å². The van der Waals surface area contributed by atoms with E-state index >= 15 is 0 Å². The number of hydrogen-bond donors (Lipinski definition) is 2. The number of methoxy groups -OCH3 is 1. The number of nitrogens with one attached hydrogen (secondary N) is 2. The minimum atomic E-state index is -0.399. The lowest BCUT2D eigenvalue weighted by Crippen LogP contribution is -2.15. The first-order valence-electron chi connectivity index (χ1n) is 7.48. The number of carbonyl (C=O) groups is 2. The minimum absolute atomic E-state index is 0.0444. The Morgan fingerprint density at radius 3 is 2.88 bits per heavy atom. The van der Waals surface area contributed by atoms with Crippen molar-refractivity contribution in [2.24, 2.45) is 0 Å². The largest absolute Gasteiger partial charge is 0.495 e. The predicted molar refractivity (Wildman–Crippen MR) is 99.1 cm³/mol. The molecule has 0 bridgehead atoms. The van der Waals surface area contributed by atoms with Crippen LogP contribution in [0.3, 0.4) is 0 Å². The zero-order valence-electron chi connectivity index (χ0n) is 13.6. The number of thiazole rings is 1. The van der Waals surface area contributed by atoms with Crippen LogP contribution in [0.15, 0.2) is 46.4 Å². The van der Waals surface area contributed by atoms with Gasteiger partial charge in [-0.3, -0.25) is 14.9 Å². The fourth-order valence-electron chi connectivity index (χ4n) is 2.15. The average Bonchev–Trinajstić information content (AvgIpc) is 3.27. The Kier molecular flexibility index (Phi) is 5.55. The van der Waals surface area contributed by atoms with Crippen molar-refractivity contribution < 1.29 is 18.7 Å². The summed E-state index contributed by atoms with van der Waals surface area (Å²) in [7, 11) is 1.51. The molecule has 2 aromatic heterocycles. The molecule has 2 amide bonds. The van der Waals surface area contributed by atoms with Crippen LogP contribution in [0.1, 0.15) is 16.2 Å². The van der Waals surface area contributed by atoms with E-state index in [0.29, 0.717) is 27.3 Å². The van der Waals surface area contributed by atoms with Crippen LogP contribution in [0.5, 0.6) is 5.75 Å². The molecule has 26 heavy (non-hydrogen) atoms. The molecule has 0 atom stereocenters. The fraction of sp³-hybridized carbons (Fsp3) is 0.118. The molecule has 3 rings (SSSR count). The van der Waals surface area contributed by atoms with Crippen molar-refractivity contribution in [3.05, 3.63) is 58.5 Å². The zero-order valence-corrected chi connectivity index (χ0v) is 15.2. The SMILES string of the molecule is COc1ccc(Cl)cc1NC(=O)Cc1csc(NC(=O)c2ccco2)n1. The van der Waals surface area contributed by atoms with Crippen LogP contribution >= 0.6 is 22.9 Å². The van der Waals surface area contributed by atoms with Gasteiger partial charge in [0, 0.05) is 10.4 Å². The zero-order chi connectivity index (χ0) is 18.5. The quantitative estimate of drug-likeness (QED) is 0.666. The fourth-order valence-corrected chi connectivity index (χ4v) is 3.03. The highest BCUT2D eigenvalue weighted by molar-refractivity contribution is 7.14. The molecular formula is C17H14ClN3O4S. The van der Waals surface area contributed by atoms with Gasteiger partial charge in [-0.05, 0) is 30.3 Å². The molecule has 0 fully saturated rings. The highest BCUT2D eigenvalue weighted by Gasteiger charge is 2.14. The average molecular weight is 392 g/mol. The van der Waals surface area contributed by atoms with Gasteiger partial charge in [-0.25, -0.2) is 4.98 Å². The van der Waals surface area contributed by atoms with Gasteiger partial charge < -0.3 is 14.5 Å². The van der Waals surface area contributed by atoms with Crippen LogP contribution in [-0.4, -0.2) is 23.9 Å². The third kappa shape index (κ3) is 4.41. The number of carbonyl (C=O) groups excluding carboxylic acids is 2. The number of aromatic nitrogens is 1. The molecule has 0 aliphatic carbocycles. The second-order valence-corrected chi connectivity index (χ2v) is 6.44. The van der Waals surface area contributed by atoms with Crippen molar-refractivity contribution >= 4 is 45.6 Å². The molecule has 134 valence electrons. The maximum Gasteiger partial charge on any atom is 0.293 e. The van der Waals surface area contributed by atoms with Gasteiger partial charge in [0.05, 0.1) is 31.2 Å². The molecule has 0 radical (unpaired) electrons. The van der Waals surface area contributed by atoms with Crippen molar-refractivity contribution in [2.75, 3.05) is 17.7 Å². The number of amides is 2. The van der Waals surface area contributed by atoms with Crippen LogP contribution in [-0.2, 0) is 11.2 Å². The molecule has 0 unspecified atom stereocenters. The summed E-state index contributed by atoms with van der Waals surface area (Å²) in [6.45, 7) is 0. The van der Waals surface area contributed by atoms with E-state index < -0.39 is 5.91 Å². The van der Waals surface area contributed by atoms with Crippen molar-refractivity contribution in [3.63, 3.8) is 0 Å². The Hall–Kier alpha value is -2.84. The molecule has 3 aromatic rings. The van der Waals surface area contributed by atoms with Crippen LogP contribution in [0.25, 0.3) is 0 Å². The standard InChI is InChI=1S/C17H14ClN3O4S/c1-24-13-5-4-10(18)7-12(13)20-15(22)8-11-9-26-17(19-11)21-16(23)14-3-2-6-25-14/h2-7,9H,8H2,1H3,(H,20,22)(H,19,21,23). The van der Waals surface area contributed by atoms with Gasteiger partial charge in [-0.2, -0.15) is 0 Å². The summed E-state index contributed by atoms with van der Waals surface area (Å²) >= 11 is 7.17. The van der Waals surface area contributed by atoms with Crippen molar-refractivity contribution in [1.29, 1.82) is 0 Å². The topological polar surface area (TPSA) is 93.5 Å². The predicted octanol–water partition coefficient (Wildman–Crippen LogP) is 3.83. The highest BCUT2D eigenvalue weighted by Crippen LogP contribution is 2.28. The second kappa shape index (κ2) is 8.03. The first-order chi connectivity index (χ1) is 12.5. The van der Waals surface area contributed by atoms with Crippen LogP contribution < -0.4 is 15.4 Å². The van der Waals surface area contributed by atoms with E-state index in [1.54, 1.807) is 35.7 Å². The molecule has 9 heteroatoms. The second-order valence-electron chi connectivity index (χ2n) is 5.14. The van der Waals surface area contributed by atoms with E-state index in [0.717, 1.165) is 0 Å². The molecule has 0 saturated carbocycles. The lowest BCUT2D eigenvalue weighted by molar-refractivity contribution is -0.115. The third-order valence-electron chi connectivity index (χ3n) is 3.29. The first-order valence-corrected chi connectivity index (χ1v) is 8.73. The number of furan rings is 1. The van der Waals surface area contributed by atoms with Crippen molar-refractivity contribution in [2.45, 2.75) is 6.42 Å². The maximum atomic E-state index is 12.2. The van der Waals surface area contributed by atoms with Gasteiger partial charge >= 0.3 is 0 Å². The summed E-state index contributed by atoms with van der Waals surface area (Å²) in [6, 6.07) is 8.12. The Balaban J connectivity index is 1.61. The number of nitrogens with zero attached hydrogens (tertiary/aromatic N) is 1. The molecule has 2 heterocycles. The highest BCUT2D eigenvalue weighted by atomic mass is 35.5. The molecular weight excluding hydrogens is 378 g/mol. The van der Waals surface area contributed by atoms with Crippen LogP contribution in [0, 0.1) is 0 Å². The summed E-state index contributed by atoms with van der Waals surface area (Å²) in [5, 5.41) is 7.92. The van der Waals surface area contributed by atoms with Gasteiger partial charge in [0.1, 0.15) is 5.75 Å². The number of hydrogen-bond acceptors (Lipinski definition) is 6. The molecule has 0 aliphatic heterocycles. The molecule has 0 aliphatic rings. The van der Waals surface area contributed by atoms with Gasteiger partial charge in [-0.1, -0.05) is 11.6 Å². The van der Waals surface area contributed by atoms with Gasteiger partial charge in [0.2, 0.25) is 5.91 Å². The first kappa shape index (κ1) is 18.0. The molecule has 0 saturated heterocycles. The number of ether oxygens (including phenoxy) is 1. The number of halogens is 1. The summed E-state index contributed by atoms with van der Waals surface area (Å²) in [5.74, 6) is 0.0174. The van der Waals surface area contributed by atoms with E-state index in [2.05, 4.69) is 15.6 Å². The molecule has 7 nitrogen and oxygen atoms in total. The number of anilines is 2. The third-order valence-corrected chi connectivity index (χ3v) is 4.34. The van der Waals surface area contributed by atoms with Gasteiger partial charge in [-0.15, -0.1) is 11.3 Å². The Labute approximate surface area is 157 Å². The summed E-state index contributed by atoms with van der Waals surface area (Å²) < 4.78 is 10.2. The van der Waals surface area contributed by atoms with E-state index in [9.17, 15) is 9.59 Å². The Morgan fingerprint density at radius 2 is 2.15 bits per heavy atom. The normalized spacial score (nSPS) is 10.4. The Morgan fingerprint density at radius 1 is 1.31 bits per heavy atom.